The van der Waals surface area contributed by atoms with E-state index in [1.807, 2.05) is 0 Å². The Morgan fingerprint density at radius 3 is 2.74 bits per heavy atom. The van der Waals surface area contributed by atoms with Crippen molar-refractivity contribution in [2.24, 2.45) is 17.8 Å². The zero-order valence-electron chi connectivity index (χ0n) is 11.9. The Kier molecular flexibility index (Phi) is 4.08. The molecule has 0 aromatic carbocycles. The summed E-state index contributed by atoms with van der Waals surface area (Å²) in [5.74, 6) is 2.75. The summed E-state index contributed by atoms with van der Waals surface area (Å²) in [7, 11) is 0. The summed E-state index contributed by atoms with van der Waals surface area (Å²) in [6.07, 6.45) is 5.56. The fourth-order valence-electron chi connectivity index (χ4n) is 4.28. The van der Waals surface area contributed by atoms with Crippen LogP contribution in [0.1, 0.15) is 32.6 Å². The van der Waals surface area contributed by atoms with Crippen LogP contribution in [0, 0.1) is 17.8 Å². The summed E-state index contributed by atoms with van der Waals surface area (Å²) in [5.41, 5.74) is 0. The predicted octanol–water partition coefficient (Wildman–Crippen LogP) is 1.26. The lowest BCUT2D eigenvalue weighted by atomic mass is 9.84. The lowest BCUT2D eigenvalue weighted by Gasteiger charge is -2.30. The molecule has 3 fully saturated rings. The topological polar surface area (TPSA) is 41.6 Å². The quantitative estimate of drug-likeness (QED) is 0.833. The number of morpholine rings is 1. The van der Waals surface area contributed by atoms with Gasteiger partial charge in [-0.1, -0.05) is 6.42 Å². The molecule has 19 heavy (non-hydrogen) atoms. The first-order chi connectivity index (χ1) is 9.22. The number of hydrogen-bond donors (Lipinski definition) is 1. The van der Waals surface area contributed by atoms with E-state index in [9.17, 15) is 4.79 Å². The first-order valence-corrected chi connectivity index (χ1v) is 7.82. The van der Waals surface area contributed by atoms with E-state index in [-0.39, 0.29) is 5.91 Å². The molecule has 4 heteroatoms. The molecule has 2 aliphatic carbocycles. The van der Waals surface area contributed by atoms with Gasteiger partial charge >= 0.3 is 0 Å². The summed E-state index contributed by atoms with van der Waals surface area (Å²) >= 11 is 0. The zero-order valence-corrected chi connectivity index (χ0v) is 11.9. The fourth-order valence-corrected chi connectivity index (χ4v) is 4.28. The first kappa shape index (κ1) is 13.4. The highest BCUT2D eigenvalue weighted by Crippen LogP contribution is 2.49. The maximum atomic E-state index is 12.1. The van der Waals surface area contributed by atoms with Gasteiger partial charge in [-0.25, -0.2) is 0 Å². The van der Waals surface area contributed by atoms with Crippen LogP contribution in [0.4, 0.5) is 0 Å². The van der Waals surface area contributed by atoms with E-state index in [4.69, 9.17) is 4.74 Å². The first-order valence-electron chi connectivity index (χ1n) is 7.82. The van der Waals surface area contributed by atoms with Gasteiger partial charge in [-0.15, -0.1) is 0 Å². The maximum Gasteiger partial charge on any atom is 0.234 e. The maximum absolute atomic E-state index is 12.1. The van der Waals surface area contributed by atoms with E-state index in [0.29, 0.717) is 12.6 Å². The van der Waals surface area contributed by atoms with Crippen molar-refractivity contribution in [1.29, 1.82) is 0 Å². The van der Waals surface area contributed by atoms with Crippen molar-refractivity contribution < 1.29 is 9.53 Å². The number of fused-ring (bicyclic) bond motifs is 2. The van der Waals surface area contributed by atoms with Crippen molar-refractivity contribution in [3.8, 4) is 0 Å². The molecule has 2 bridgehead atoms. The zero-order chi connectivity index (χ0) is 13.2. The average Bonchev–Trinajstić information content (AvgIpc) is 3.02. The molecule has 1 N–H and O–H groups in total. The Labute approximate surface area is 115 Å². The molecule has 2 saturated carbocycles. The standard InChI is InChI=1S/C15H26N2O2/c1-11(14-9-12-2-3-13(14)8-12)16-15(18)10-17-4-6-19-7-5-17/h11-14H,2-10H2,1H3,(H,16,18)/t11-,12-,13-,14-/m0/s1. The number of nitrogens with zero attached hydrogens (tertiary/aromatic N) is 1. The fraction of sp³-hybridized carbons (Fsp3) is 0.933. The van der Waals surface area contributed by atoms with Gasteiger partial charge in [0.05, 0.1) is 19.8 Å². The van der Waals surface area contributed by atoms with Crippen LogP contribution in [0.5, 0.6) is 0 Å². The third-order valence-corrected chi connectivity index (χ3v) is 5.29. The van der Waals surface area contributed by atoms with Crippen LogP contribution in [0.15, 0.2) is 0 Å². The molecule has 0 unspecified atom stereocenters. The van der Waals surface area contributed by atoms with Gasteiger partial charge in [0.1, 0.15) is 0 Å². The normalized spacial score (nSPS) is 36.4. The third-order valence-electron chi connectivity index (χ3n) is 5.29. The Morgan fingerprint density at radius 1 is 1.32 bits per heavy atom. The summed E-state index contributed by atoms with van der Waals surface area (Å²) in [5, 5.41) is 3.23. The van der Waals surface area contributed by atoms with Gasteiger partial charge in [0.15, 0.2) is 0 Å². The molecule has 4 atom stereocenters. The second-order valence-electron chi connectivity index (χ2n) is 6.58. The number of rotatable bonds is 4. The Balaban J connectivity index is 1.43. The van der Waals surface area contributed by atoms with Crippen LogP contribution in [-0.4, -0.2) is 49.7 Å². The van der Waals surface area contributed by atoms with Crippen LogP contribution >= 0.6 is 0 Å². The Bertz CT molecular complexity index is 328. The van der Waals surface area contributed by atoms with Crippen molar-refractivity contribution >= 4 is 5.91 Å². The van der Waals surface area contributed by atoms with Crippen molar-refractivity contribution in [2.45, 2.75) is 38.6 Å². The molecule has 1 amide bonds. The van der Waals surface area contributed by atoms with Gasteiger partial charge in [0, 0.05) is 19.1 Å². The van der Waals surface area contributed by atoms with Gasteiger partial charge in [0.25, 0.3) is 0 Å². The van der Waals surface area contributed by atoms with E-state index in [1.165, 1.54) is 25.7 Å². The predicted molar refractivity (Wildman–Crippen MR) is 73.8 cm³/mol. The van der Waals surface area contributed by atoms with Crippen LogP contribution in [-0.2, 0) is 9.53 Å². The Morgan fingerprint density at radius 2 is 2.11 bits per heavy atom. The molecular formula is C15H26N2O2. The van der Waals surface area contributed by atoms with Gasteiger partial charge in [-0.2, -0.15) is 0 Å². The minimum atomic E-state index is 0.192. The van der Waals surface area contributed by atoms with Gasteiger partial charge in [0.2, 0.25) is 5.91 Å². The molecule has 1 heterocycles. The molecule has 0 aromatic heterocycles. The molecule has 3 aliphatic rings. The molecular weight excluding hydrogens is 240 g/mol. The Hall–Kier alpha value is -0.610. The summed E-state index contributed by atoms with van der Waals surface area (Å²) in [4.78, 5) is 14.3. The highest BCUT2D eigenvalue weighted by Gasteiger charge is 2.42. The van der Waals surface area contributed by atoms with Crippen LogP contribution in [0.2, 0.25) is 0 Å². The van der Waals surface area contributed by atoms with Crippen molar-refractivity contribution in [3.05, 3.63) is 0 Å². The third kappa shape index (κ3) is 3.11. The number of nitrogens with one attached hydrogen (secondary N) is 1. The molecule has 108 valence electrons. The number of carbonyl (C=O) groups is 1. The summed E-state index contributed by atoms with van der Waals surface area (Å²) in [6, 6.07) is 0.351. The minimum Gasteiger partial charge on any atom is -0.379 e. The monoisotopic (exact) mass is 266 g/mol. The number of hydrogen-bond acceptors (Lipinski definition) is 3. The van der Waals surface area contributed by atoms with E-state index >= 15 is 0 Å². The summed E-state index contributed by atoms with van der Waals surface area (Å²) in [6.45, 7) is 6.02. The van der Waals surface area contributed by atoms with Crippen molar-refractivity contribution in [2.75, 3.05) is 32.8 Å². The lowest BCUT2D eigenvalue weighted by Crippen LogP contribution is -2.47. The molecule has 0 radical (unpaired) electrons. The molecule has 3 rings (SSSR count). The number of amides is 1. The van der Waals surface area contributed by atoms with Gasteiger partial charge in [-0.05, 0) is 43.9 Å². The number of carbonyl (C=O) groups excluding carboxylic acids is 1. The minimum absolute atomic E-state index is 0.192. The smallest absolute Gasteiger partial charge is 0.234 e. The van der Waals surface area contributed by atoms with E-state index in [2.05, 4.69) is 17.1 Å². The van der Waals surface area contributed by atoms with Gasteiger partial charge < -0.3 is 10.1 Å². The van der Waals surface area contributed by atoms with Crippen molar-refractivity contribution in [3.63, 3.8) is 0 Å². The lowest BCUT2D eigenvalue weighted by molar-refractivity contribution is -0.124. The molecule has 0 aromatic rings. The van der Waals surface area contributed by atoms with Gasteiger partial charge in [-0.3, -0.25) is 9.69 Å². The largest absolute Gasteiger partial charge is 0.379 e. The van der Waals surface area contributed by atoms with E-state index < -0.39 is 0 Å². The SMILES string of the molecule is C[C@H](NC(=O)CN1CCOCC1)[C@@H]1C[C@H]2CC[C@H]1C2. The second kappa shape index (κ2) is 5.80. The average molecular weight is 266 g/mol. The second-order valence-corrected chi connectivity index (χ2v) is 6.58. The van der Waals surface area contributed by atoms with Crippen LogP contribution in [0.25, 0.3) is 0 Å². The molecule has 4 nitrogen and oxygen atoms in total. The van der Waals surface area contributed by atoms with E-state index in [0.717, 1.165) is 44.1 Å². The summed E-state index contributed by atoms with van der Waals surface area (Å²) < 4.78 is 5.30. The highest BCUT2D eigenvalue weighted by atomic mass is 16.5. The molecule has 1 saturated heterocycles. The van der Waals surface area contributed by atoms with Crippen LogP contribution < -0.4 is 5.32 Å². The van der Waals surface area contributed by atoms with Crippen molar-refractivity contribution in [1.82, 2.24) is 10.2 Å². The molecule has 1 aliphatic heterocycles. The van der Waals surface area contributed by atoms with Crippen LogP contribution in [0.3, 0.4) is 0 Å². The van der Waals surface area contributed by atoms with E-state index in [1.54, 1.807) is 0 Å². The highest BCUT2D eigenvalue weighted by molar-refractivity contribution is 5.78. The molecule has 0 spiro atoms. The number of ether oxygens (including phenoxy) is 1.